The van der Waals surface area contributed by atoms with Gasteiger partial charge in [-0.2, -0.15) is 0 Å². The fourth-order valence-corrected chi connectivity index (χ4v) is 5.13. The fourth-order valence-electron chi connectivity index (χ4n) is 5.13. The number of benzene rings is 1. The standard InChI is InChI=1S/C22H31N3O4.ClH/c1-3-28-17-6-10-22(2,11-7-17)24-12-8-16(9-13-24)25-18-14-15(20(23)26)4-5-19(18)29-21(25)27;/h4-5,14,16-17H,3,6-13H2,1-2H3,(H2,23,26);1H/t17-,22-;. The van der Waals surface area contributed by atoms with Crippen molar-refractivity contribution >= 4 is 29.4 Å². The highest BCUT2D eigenvalue weighted by atomic mass is 35.5. The van der Waals surface area contributed by atoms with Gasteiger partial charge in [0.25, 0.3) is 0 Å². The highest BCUT2D eigenvalue weighted by Crippen LogP contribution is 2.38. The number of likely N-dealkylation sites (tertiary alicyclic amines) is 1. The van der Waals surface area contributed by atoms with Gasteiger partial charge in [0, 0.05) is 36.8 Å². The van der Waals surface area contributed by atoms with Crippen molar-refractivity contribution in [2.24, 2.45) is 5.73 Å². The third-order valence-corrected chi connectivity index (χ3v) is 6.90. The van der Waals surface area contributed by atoms with Gasteiger partial charge in [0.05, 0.1) is 11.6 Å². The minimum absolute atomic E-state index is 0. The van der Waals surface area contributed by atoms with Crippen LogP contribution >= 0.6 is 12.4 Å². The van der Waals surface area contributed by atoms with E-state index in [1.807, 2.05) is 0 Å². The number of hydrogen-bond donors (Lipinski definition) is 1. The van der Waals surface area contributed by atoms with Crippen molar-refractivity contribution in [3.8, 4) is 0 Å². The number of fused-ring (bicyclic) bond motifs is 1. The van der Waals surface area contributed by atoms with Crippen LogP contribution in [0.5, 0.6) is 0 Å². The average Bonchev–Trinajstić information content (AvgIpc) is 3.05. The number of halogens is 1. The maximum absolute atomic E-state index is 12.5. The molecule has 1 aliphatic carbocycles. The molecule has 0 atom stereocenters. The molecule has 0 bridgehead atoms. The number of hydrogen-bond acceptors (Lipinski definition) is 5. The summed E-state index contributed by atoms with van der Waals surface area (Å²) in [7, 11) is 0. The molecule has 1 aliphatic heterocycles. The van der Waals surface area contributed by atoms with Crippen molar-refractivity contribution in [2.45, 2.75) is 70.1 Å². The molecule has 2 aromatic rings. The van der Waals surface area contributed by atoms with Crippen LogP contribution in [0.4, 0.5) is 0 Å². The van der Waals surface area contributed by atoms with E-state index in [0.29, 0.717) is 22.8 Å². The van der Waals surface area contributed by atoms with Gasteiger partial charge in [-0.3, -0.25) is 14.3 Å². The Labute approximate surface area is 182 Å². The SMILES string of the molecule is CCO[C@H]1CC[C@](C)(N2CCC(n3c(=O)oc4ccc(C(N)=O)cc43)CC2)CC1.Cl. The van der Waals surface area contributed by atoms with Gasteiger partial charge in [-0.1, -0.05) is 0 Å². The molecule has 8 heteroatoms. The van der Waals surface area contributed by atoms with Crippen molar-refractivity contribution < 1.29 is 13.9 Å². The molecular weight excluding hydrogens is 406 g/mol. The predicted octanol–water partition coefficient (Wildman–Crippen LogP) is 3.49. The Kier molecular flexibility index (Phi) is 6.95. The molecule has 0 radical (unpaired) electrons. The van der Waals surface area contributed by atoms with E-state index in [0.717, 1.165) is 58.2 Å². The fraction of sp³-hybridized carbons (Fsp3) is 0.636. The van der Waals surface area contributed by atoms with E-state index in [1.54, 1.807) is 22.8 Å². The number of piperidine rings is 1. The van der Waals surface area contributed by atoms with Crippen molar-refractivity contribution in [1.82, 2.24) is 9.47 Å². The van der Waals surface area contributed by atoms with Crippen LogP contribution in [0.25, 0.3) is 11.1 Å². The van der Waals surface area contributed by atoms with Crippen molar-refractivity contribution in [2.75, 3.05) is 19.7 Å². The summed E-state index contributed by atoms with van der Waals surface area (Å²) in [5.74, 6) is -0.860. The van der Waals surface area contributed by atoms with Crippen LogP contribution in [0.15, 0.2) is 27.4 Å². The number of amides is 1. The van der Waals surface area contributed by atoms with E-state index in [4.69, 9.17) is 14.9 Å². The van der Waals surface area contributed by atoms with Crippen molar-refractivity contribution in [3.05, 3.63) is 34.3 Å². The zero-order valence-electron chi connectivity index (χ0n) is 17.8. The van der Waals surface area contributed by atoms with Crippen LogP contribution in [0.3, 0.4) is 0 Å². The van der Waals surface area contributed by atoms with Gasteiger partial charge in [0.2, 0.25) is 5.91 Å². The summed E-state index contributed by atoms with van der Waals surface area (Å²) in [6.07, 6.45) is 6.72. The van der Waals surface area contributed by atoms with Gasteiger partial charge in [0.15, 0.2) is 5.58 Å². The van der Waals surface area contributed by atoms with Crippen LogP contribution in [-0.4, -0.2) is 46.7 Å². The van der Waals surface area contributed by atoms with E-state index in [2.05, 4.69) is 18.7 Å². The zero-order valence-corrected chi connectivity index (χ0v) is 18.6. The lowest BCUT2D eigenvalue weighted by Gasteiger charge is -2.48. The normalized spacial score (nSPS) is 25.9. The third kappa shape index (κ3) is 4.29. The van der Waals surface area contributed by atoms with E-state index in [1.165, 1.54) is 0 Å². The Morgan fingerprint density at radius 2 is 1.90 bits per heavy atom. The zero-order chi connectivity index (χ0) is 20.6. The second-order valence-electron chi connectivity index (χ2n) is 8.65. The summed E-state index contributed by atoms with van der Waals surface area (Å²) in [5, 5.41) is 0. The summed E-state index contributed by atoms with van der Waals surface area (Å²) in [5.41, 5.74) is 7.18. The van der Waals surface area contributed by atoms with E-state index >= 15 is 0 Å². The molecule has 1 aromatic heterocycles. The minimum atomic E-state index is -0.502. The van der Waals surface area contributed by atoms with Crippen molar-refractivity contribution in [1.29, 1.82) is 0 Å². The van der Waals surface area contributed by atoms with E-state index in [-0.39, 0.29) is 29.7 Å². The first-order valence-corrected chi connectivity index (χ1v) is 10.7. The first-order chi connectivity index (χ1) is 13.9. The molecular formula is C22H32ClN3O4. The lowest BCUT2D eigenvalue weighted by atomic mass is 9.79. The second kappa shape index (κ2) is 9.12. The van der Waals surface area contributed by atoms with Crippen molar-refractivity contribution in [3.63, 3.8) is 0 Å². The lowest BCUT2D eigenvalue weighted by Crippen LogP contribution is -2.52. The molecule has 1 aromatic carbocycles. The van der Waals surface area contributed by atoms with Crippen LogP contribution < -0.4 is 11.5 Å². The molecule has 1 saturated carbocycles. The number of nitrogens with two attached hydrogens (primary N) is 1. The molecule has 1 saturated heterocycles. The molecule has 2 N–H and O–H groups in total. The first kappa shape index (κ1) is 22.8. The summed E-state index contributed by atoms with van der Waals surface area (Å²) < 4.78 is 12.9. The molecule has 7 nitrogen and oxygen atoms in total. The monoisotopic (exact) mass is 437 g/mol. The Hall–Kier alpha value is -1.83. The Morgan fingerprint density at radius 3 is 2.50 bits per heavy atom. The number of nitrogens with zero attached hydrogens (tertiary/aromatic N) is 2. The third-order valence-electron chi connectivity index (χ3n) is 6.90. The highest BCUT2D eigenvalue weighted by molar-refractivity contribution is 5.96. The average molecular weight is 438 g/mol. The van der Waals surface area contributed by atoms with Gasteiger partial charge < -0.3 is 14.9 Å². The number of oxazole rings is 1. The molecule has 0 spiro atoms. The Balaban J connectivity index is 0.00000256. The van der Waals surface area contributed by atoms with Gasteiger partial charge in [-0.15, -0.1) is 12.4 Å². The smallest absolute Gasteiger partial charge is 0.408 e. The Morgan fingerprint density at radius 1 is 1.23 bits per heavy atom. The summed E-state index contributed by atoms with van der Waals surface area (Å²) >= 11 is 0. The number of aromatic nitrogens is 1. The van der Waals surface area contributed by atoms with Gasteiger partial charge in [-0.25, -0.2) is 4.79 Å². The maximum atomic E-state index is 12.5. The molecule has 4 rings (SSSR count). The van der Waals surface area contributed by atoms with Crippen LogP contribution in [0, 0.1) is 0 Å². The highest BCUT2D eigenvalue weighted by Gasteiger charge is 2.38. The van der Waals surface area contributed by atoms with Gasteiger partial charge >= 0.3 is 5.76 Å². The predicted molar refractivity (Wildman–Crippen MR) is 118 cm³/mol. The summed E-state index contributed by atoms with van der Waals surface area (Å²) in [6.45, 7) is 7.13. The molecule has 2 fully saturated rings. The lowest BCUT2D eigenvalue weighted by molar-refractivity contribution is -0.0274. The minimum Gasteiger partial charge on any atom is -0.408 e. The van der Waals surface area contributed by atoms with Crippen LogP contribution in [0.1, 0.15) is 68.8 Å². The molecule has 2 heterocycles. The molecule has 0 unspecified atom stereocenters. The first-order valence-electron chi connectivity index (χ1n) is 10.7. The quantitative estimate of drug-likeness (QED) is 0.773. The summed E-state index contributed by atoms with van der Waals surface area (Å²) in [6, 6.07) is 5.00. The number of primary amides is 1. The van der Waals surface area contributed by atoms with E-state index in [9.17, 15) is 9.59 Å². The molecule has 166 valence electrons. The largest absolute Gasteiger partial charge is 0.420 e. The maximum Gasteiger partial charge on any atom is 0.420 e. The van der Waals surface area contributed by atoms with Gasteiger partial charge in [0.1, 0.15) is 0 Å². The number of carbonyl (C=O) groups is 1. The van der Waals surface area contributed by atoms with Crippen LogP contribution in [-0.2, 0) is 4.74 Å². The van der Waals surface area contributed by atoms with Gasteiger partial charge in [-0.05, 0) is 70.6 Å². The Bertz CT molecular complexity index is 937. The topological polar surface area (TPSA) is 90.7 Å². The molecule has 1 amide bonds. The van der Waals surface area contributed by atoms with E-state index < -0.39 is 5.91 Å². The molecule has 2 aliphatic rings. The summed E-state index contributed by atoms with van der Waals surface area (Å²) in [4.78, 5) is 26.7. The second-order valence-corrected chi connectivity index (χ2v) is 8.65. The van der Waals surface area contributed by atoms with Crippen LogP contribution in [0.2, 0.25) is 0 Å². The number of carbonyl (C=O) groups excluding carboxylic acids is 1. The molecule has 30 heavy (non-hydrogen) atoms. The number of ether oxygens (including phenoxy) is 1. The number of rotatable bonds is 5.